The molecule has 0 saturated carbocycles. The van der Waals surface area contributed by atoms with Crippen LogP contribution in [-0.4, -0.2) is 10.1 Å². The van der Waals surface area contributed by atoms with Crippen molar-refractivity contribution in [2.24, 2.45) is 0 Å². The second-order valence-corrected chi connectivity index (χ2v) is 4.15. The topological polar surface area (TPSA) is 36.0 Å². The maximum atomic E-state index is 9.02. The molecule has 2 aromatic carbocycles. The number of aliphatic hydroxyl groups is 1. The SMILES string of the molecule is CC(O)c1ccccc1.c1ccc2[nH]ccc2c1. The number of nitrogens with one attached hydrogen (secondary N) is 1. The number of aliphatic hydroxyl groups excluding tert-OH is 1. The normalized spacial score (nSPS) is 11.7. The minimum absolute atomic E-state index is 0.341. The number of rotatable bonds is 1. The fourth-order valence-corrected chi connectivity index (χ4v) is 1.73. The van der Waals surface area contributed by atoms with Gasteiger partial charge in [-0.2, -0.15) is 0 Å². The van der Waals surface area contributed by atoms with E-state index >= 15 is 0 Å². The van der Waals surface area contributed by atoms with Gasteiger partial charge in [0, 0.05) is 11.7 Å². The van der Waals surface area contributed by atoms with Gasteiger partial charge in [-0.05, 0) is 30.0 Å². The molecule has 1 heterocycles. The third kappa shape index (κ3) is 3.22. The molecule has 0 bridgehead atoms. The van der Waals surface area contributed by atoms with Crippen molar-refractivity contribution in [3.8, 4) is 0 Å². The molecule has 1 atom stereocenters. The summed E-state index contributed by atoms with van der Waals surface area (Å²) in [5, 5.41) is 10.3. The Labute approximate surface area is 107 Å². The number of aromatic amines is 1. The van der Waals surface area contributed by atoms with Crippen molar-refractivity contribution in [1.29, 1.82) is 0 Å². The highest BCUT2D eigenvalue weighted by molar-refractivity contribution is 5.78. The lowest BCUT2D eigenvalue weighted by molar-refractivity contribution is 0.199. The lowest BCUT2D eigenvalue weighted by atomic mass is 10.1. The largest absolute Gasteiger partial charge is 0.389 e. The van der Waals surface area contributed by atoms with Crippen molar-refractivity contribution in [2.45, 2.75) is 13.0 Å². The number of hydrogen-bond donors (Lipinski definition) is 2. The summed E-state index contributed by atoms with van der Waals surface area (Å²) in [6, 6.07) is 19.9. The van der Waals surface area contributed by atoms with E-state index in [4.69, 9.17) is 5.11 Å². The first-order valence-electron chi connectivity index (χ1n) is 6.02. The van der Waals surface area contributed by atoms with E-state index in [0.29, 0.717) is 0 Å². The summed E-state index contributed by atoms with van der Waals surface area (Å²) in [5.74, 6) is 0. The molecular weight excluding hydrogens is 222 g/mol. The zero-order valence-electron chi connectivity index (χ0n) is 10.4. The molecule has 0 fully saturated rings. The highest BCUT2D eigenvalue weighted by Gasteiger charge is 1.95. The van der Waals surface area contributed by atoms with Crippen LogP contribution in [0.4, 0.5) is 0 Å². The Hall–Kier alpha value is -2.06. The van der Waals surface area contributed by atoms with E-state index in [1.165, 1.54) is 10.9 Å². The van der Waals surface area contributed by atoms with Crippen LogP contribution in [0, 0.1) is 0 Å². The van der Waals surface area contributed by atoms with Gasteiger partial charge in [-0.3, -0.25) is 0 Å². The van der Waals surface area contributed by atoms with Gasteiger partial charge in [0.05, 0.1) is 6.10 Å². The van der Waals surface area contributed by atoms with Crippen LogP contribution in [0.2, 0.25) is 0 Å². The van der Waals surface area contributed by atoms with Gasteiger partial charge in [-0.15, -0.1) is 0 Å². The number of hydrogen-bond acceptors (Lipinski definition) is 1. The van der Waals surface area contributed by atoms with E-state index in [1.54, 1.807) is 6.92 Å². The van der Waals surface area contributed by atoms with Crippen LogP contribution in [0.3, 0.4) is 0 Å². The second-order valence-electron chi connectivity index (χ2n) is 4.15. The number of benzene rings is 2. The Balaban J connectivity index is 0.000000134. The molecule has 2 heteroatoms. The van der Waals surface area contributed by atoms with Crippen LogP contribution in [0.15, 0.2) is 66.9 Å². The molecule has 3 aromatic rings. The maximum Gasteiger partial charge on any atom is 0.0761 e. The molecule has 0 amide bonds. The summed E-state index contributed by atoms with van der Waals surface area (Å²) in [6.07, 6.45) is 1.61. The Morgan fingerprint density at radius 1 is 0.889 bits per heavy atom. The lowest BCUT2D eigenvalue weighted by Gasteiger charge is -2.00. The van der Waals surface area contributed by atoms with E-state index in [9.17, 15) is 0 Å². The monoisotopic (exact) mass is 239 g/mol. The molecular formula is C16H17NO. The number of aromatic nitrogens is 1. The van der Waals surface area contributed by atoms with Crippen LogP contribution < -0.4 is 0 Å². The molecule has 0 spiro atoms. The molecule has 0 saturated heterocycles. The predicted octanol–water partition coefficient (Wildman–Crippen LogP) is 3.91. The van der Waals surface area contributed by atoms with Crippen molar-refractivity contribution in [3.63, 3.8) is 0 Å². The maximum absolute atomic E-state index is 9.02. The highest BCUT2D eigenvalue weighted by Crippen LogP contribution is 2.09. The molecule has 92 valence electrons. The number of fused-ring (bicyclic) bond motifs is 1. The van der Waals surface area contributed by atoms with E-state index < -0.39 is 0 Å². The van der Waals surface area contributed by atoms with Crippen molar-refractivity contribution < 1.29 is 5.11 Å². The number of para-hydroxylation sites is 1. The summed E-state index contributed by atoms with van der Waals surface area (Å²) in [4.78, 5) is 3.12. The van der Waals surface area contributed by atoms with Crippen LogP contribution in [0.5, 0.6) is 0 Å². The smallest absolute Gasteiger partial charge is 0.0761 e. The zero-order valence-corrected chi connectivity index (χ0v) is 10.4. The first kappa shape index (κ1) is 12.4. The van der Waals surface area contributed by atoms with Crippen LogP contribution in [0.1, 0.15) is 18.6 Å². The molecule has 0 radical (unpaired) electrons. The van der Waals surface area contributed by atoms with E-state index in [-0.39, 0.29) is 6.10 Å². The quantitative estimate of drug-likeness (QED) is 0.663. The predicted molar refractivity (Wildman–Crippen MR) is 75.4 cm³/mol. The highest BCUT2D eigenvalue weighted by atomic mass is 16.3. The first-order valence-corrected chi connectivity index (χ1v) is 6.02. The molecule has 18 heavy (non-hydrogen) atoms. The van der Waals surface area contributed by atoms with Crippen LogP contribution in [-0.2, 0) is 0 Å². The number of H-pyrrole nitrogens is 1. The average Bonchev–Trinajstić information content (AvgIpc) is 2.89. The third-order valence-corrected chi connectivity index (χ3v) is 2.74. The van der Waals surface area contributed by atoms with Crippen molar-refractivity contribution in [1.82, 2.24) is 4.98 Å². The molecule has 3 rings (SSSR count). The van der Waals surface area contributed by atoms with Gasteiger partial charge >= 0.3 is 0 Å². The Kier molecular flexibility index (Phi) is 4.15. The van der Waals surface area contributed by atoms with Crippen LogP contribution in [0.25, 0.3) is 10.9 Å². The molecule has 2 N–H and O–H groups in total. The zero-order chi connectivity index (χ0) is 12.8. The molecule has 0 aliphatic rings. The van der Waals surface area contributed by atoms with Gasteiger partial charge in [0.2, 0.25) is 0 Å². The van der Waals surface area contributed by atoms with E-state index in [0.717, 1.165) is 5.56 Å². The summed E-state index contributed by atoms with van der Waals surface area (Å²) in [5.41, 5.74) is 2.18. The average molecular weight is 239 g/mol. The summed E-state index contributed by atoms with van der Waals surface area (Å²) < 4.78 is 0. The molecule has 0 aliphatic carbocycles. The lowest BCUT2D eigenvalue weighted by Crippen LogP contribution is -1.87. The molecule has 1 unspecified atom stereocenters. The standard InChI is InChI=1S/C8H7N.C8H10O/c1-2-4-8-7(3-1)5-6-9-8;1-7(9)8-5-3-2-4-6-8/h1-6,9H;2-7,9H,1H3. The fourth-order valence-electron chi connectivity index (χ4n) is 1.73. The minimum atomic E-state index is -0.341. The van der Waals surface area contributed by atoms with E-state index in [1.807, 2.05) is 48.7 Å². The Morgan fingerprint density at radius 2 is 1.56 bits per heavy atom. The summed E-state index contributed by atoms with van der Waals surface area (Å²) >= 11 is 0. The Bertz CT molecular complexity index is 554. The summed E-state index contributed by atoms with van der Waals surface area (Å²) in [6.45, 7) is 1.76. The fraction of sp³-hybridized carbons (Fsp3) is 0.125. The van der Waals surface area contributed by atoms with Gasteiger partial charge in [-0.1, -0.05) is 48.5 Å². The molecule has 1 aromatic heterocycles. The molecule has 2 nitrogen and oxygen atoms in total. The van der Waals surface area contributed by atoms with Crippen molar-refractivity contribution in [3.05, 3.63) is 72.4 Å². The first-order chi connectivity index (χ1) is 8.77. The van der Waals surface area contributed by atoms with Crippen molar-refractivity contribution in [2.75, 3.05) is 0 Å². The second kappa shape index (κ2) is 6.03. The van der Waals surface area contributed by atoms with Gasteiger partial charge in [0.1, 0.15) is 0 Å². The molecule has 0 aliphatic heterocycles. The van der Waals surface area contributed by atoms with Gasteiger partial charge < -0.3 is 10.1 Å². The van der Waals surface area contributed by atoms with Gasteiger partial charge in [0.25, 0.3) is 0 Å². The van der Waals surface area contributed by atoms with Crippen molar-refractivity contribution >= 4 is 10.9 Å². The third-order valence-electron chi connectivity index (χ3n) is 2.74. The van der Waals surface area contributed by atoms with Gasteiger partial charge in [0.15, 0.2) is 0 Å². The Morgan fingerprint density at radius 3 is 2.17 bits per heavy atom. The van der Waals surface area contributed by atoms with Crippen LogP contribution >= 0.6 is 0 Å². The summed E-state index contributed by atoms with van der Waals surface area (Å²) in [7, 11) is 0. The minimum Gasteiger partial charge on any atom is -0.389 e. The van der Waals surface area contributed by atoms with Gasteiger partial charge in [-0.25, -0.2) is 0 Å². The van der Waals surface area contributed by atoms with E-state index in [2.05, 4.69) is 23.2 Å².